The molecule has 0 aliphatic carbocycles. The van der Waals surface area contributed by atoms with Crippen LogP contribution in [0.1, 0.15) is 34.8 Å². The quantitative estimate of drug-likeness (QED) is 0.578. The second-order valence-corrected chi connectivity index (χ2v) is 7.82. The predicted octanol–water partition coefficient (Wildman–Crippen LogP) is 2.13. The van der Waals surface area contributed by atoms with E-state index in [1.165, 1.54) is 0 Å². The zero-order valence-electron chi connectivity index (χ0n) is 18.4. The lowest BCUT2D eigenvalue weighted by atomic mass is 10.1. The molecule has 1 amide bonds. The summed E-state index contributed by atoms with van der Waals surface area (Å²) >= 11 is 0. The summed E-state index contributed by atoms with van der Waals surface area (Å²) in [6.45, 7) is 5.56. The van der Waals surface area contributed by atoms with Gasteiger partial charge in [0.1, 0.15) is 23.9 Å². The van der Waals surface area contributed by atoms with Crippen LogP contribution in [0.25, 0.3) is 0 Å². The minimum Gasteiger partial charge on any atom is -0.497 e. The number of methoxy groups -OCH3 is 1. The monoisotopic (exact) mass is 436 g/mol. The number of hydrogen-bond donors (Lipinski definition) is 1. The van der Waals surface area contributed by atoms with Gasteiger partial charge in [0.2, 0.25) is 0 Å². The van der Waals surface area contributed by atoms with Crippen molar-refractivity contribution >= 4 is 5.91 Å². The van der Waals surface area contributed by atoms with Gasteiger partial charge in [0, 0.05) is 37.3 Å². The Hall–Kier alpha value is -3.46. The molecule has 168 valence electrons. The Morgan fingerprint density at radius 1 is 1.25 bits per heavy atom. The fraction of sp³-hybridized carbons (Fsp3) is 0.391. The lowest BCUT2D eigenvalue weighted by Gasteiger charge is -2.23. The maximum absolute atomic E-state index is 12.6. The topological polar surface area (TPSA) is 94.4 Å². The number of carbonyl (C=O) groups is 1. The van der Waals surface area contributed by atoms with E-state index in [2.05, 4.69) is 32.7 Å². The van der Waals surface area contributed by atoms with Crippen LogP contribution < -0.4 is 14.8 Å². The molecule has 0 spiro atoms. The highest BCUT2D eigenvalue weighted by Crippen LogP contribution is 2.29. The van der Waals surface area contributed by atoms with E-state index < -0.39 is 0 Å². The van der Waals surface area contributed by atoms with Crippen LogP contribution in [0.4, 0.5) is 0 Å². The van der Waals surface area contributed by atoms with Crippen molar-refractivity contribution in [2.24, 2.45) is 0 Å². The third kappa shape index (κ3) is 5.42. The highest BCUT2D eigenvalue weighted by Gasteiger charge is 2.22. The maximum atomic E-state index is 12.6. The molecule has 0 unspecified atom stereocenters. The predicted molar refractivity (Wildman–Crippen MR) is 119 cm³/mol. The number of amides is 1. The van der Waals surface area contributed by atoms with Crippen molar-refractivity contribution in [2.45, 2.75) is 32.5 Å². The van der Waals surface area contributed by atoms with Crippen LogP contribution in [0.3, 0.4) is 0 Å². The van der Waals surface area contributed by atoms with Crippen molar-refractivity contribution in [3.8, 4) is 11.5 Å². The molecule has 9 nitrogen and oxygen atoms in total. The average Bonchev–Trinajstić information content (AvgIpc) is 3.25. The van der Waals surface area contributed by atoms with E-state index in [1.54, 1.807) is 18.1 Å². The average molecular weight is 437 g/mol. The lowest BCUT2D eigenvalue weighted by Crippen LogP contribution is -2.38. The van der Waals surface area contributed by atoms with Gasteiger partial charge < -0.3 is 14.8 Å². The van der Waals surface area contributed by atoms with E-state index in [0.29, 0.717) is 18.7 Å². The molecule has 0 saturated carbocycles. The molecule has 1 N–H and O–H groups in total. The van der Waals surface area contributed by atoms with E-state index >= 15 is 0 Å². The highest BCUT2D eigenvalue weighted by atomic mass is 16.5. The molecule has 4 rings (SSSR count). The Labute approximate surface area is 187 Å². The molecule has 0 fully saturated rings. The Balaban J connectivity index is 1.32. The van der Waals surface area contributed by atoms with Gasteiger partial charge in [-0.05, 0) is 52.7 Å². The fourth-order valence-corrected chi connectivity index (χ4v) is 3.75. The van der Waals surface area contributed by atoms with Crippen LogP contribution in [-0.4, -0.2) is 63.9 Å². The fourth-order valence-electron chi connectivity index (χ4n) is 3.75. The molecule has 0 radical (unpaired) electrons. The second-order valence-electron chi connectivity index (χ2n) is 7.82. The van der Waals surface area contributed by atoms with Gasteiger partial charge in [-0.2, -0.15) is 0 Å². The largest absolute Gasteiger partial charge is 0.497 e. The number of carbonyl (C=O) groups excluding carboxylic acids is 1. The number of fused-ring (bicyclic) bond motifs is 1. The molecule has 1 atom stereocenters. The number of nitrogens with one attached hydrogen (secondary N) is 1. The van der Waals surface area contributed by atoms with Crippen LogP contribution in [-0.2, 0) is 13.1 Å². The summed E-state index contributed by atoms with van der Waals surface area (Å²) in [5.41, 5.74) is 2.76. The number of nitrogens with zero attached hydrogens (tertiary/aromatic N) is 5. The molecule has 9 heteroatoms. The molecule has 2 heterocycles. The van der Waals surface area contributed by atoms with Crippen molar-refractivity contribution in [3.63, 3.8) is 0 Å². The summed E-state index contributed by atoms with van der Waals surface area (Å²) in [7, 11) is 1.67. The summed E-state index contributed by atoms with van der Waals surface area (Å²) in [6, 6.07) is 13.4. The van der Waals surface area contributed by atoms with Crippen LogP contribution in [0.5, 0.6) is 11.5 Å². The molecule has 2 aromatic carbocycles. The van der Waals surface area contributed by atoms with Gasteiger partial charge in [0.15, 0.2) is 0 Å². The summed E-state index contributed by atoms with van der Waals surface area (Å²) in [5.74, 6) is 1.64. The SMILES string of the molecule is CC[C@@H]1CN(CCNC(=O)c2ccc(Cn3cnnn3)cc2)Cc2cc(OC)ccc2O1. The smallest absolute Gasteiger partial charge is 0.251 e. The van der Waals surface area contributed by atoms with E-state index in [4.69, 9.17) is 9.47 Å². The molecule has 1 aromatic heterocycles. The van der Waals surface area contributed by atoms with Gasteiger partial charge >= 0.3 is 0 Å². The van der Waals surface area contributed by atoms with Crippen LogP contribution in [0.2, 0.25) is 0 Å². The van der Waals surface area contributed by atoms with Crippen molar-refractivity contribution in [3.05, 3.63) is 65.5 Å². The molecule has 1 aliphatic heterocycles. The summed E-state index contributed by atoms with van der Waals surface area (Å²) in [5, 5.41) is 14.1. The first-order chi connectivity index (χ1) is 15.6. The number of rotatable bonds is 8. The molecule has 32 heavy (non-hydrogen) atoms. The number of aromatic nitrogens is 4. The minimum atomic E-state index is -0.0841. The van der Waals surface area contributed by atoms with Crippen molar-refractivity contribution in [1.29, 1.82) is 0 Å². The summed E-state index contributed by atoms with van der Waals surface area (Å²) in [4.78, 5) is 14.9. The summed E-state index contributed by atoms with van der Waals surface area (Å²) in [6.07, 6.45) is 2.60. The number of hydrogen-bond acceptors (Lipinski definition) is 7. The van der Waals surface area contributed by atoms with Crippen LogP contribution in [0.15, 0.2) is 48.8 Å². The van der Waals surface area contributed by atoms with Crippen molar-refractivity contribution in [1.82, 2.24) is 30.4 Å². The summed E-state index contributed by atoms with van der Waals surface area (Å²) < 4.78 is 13.2. The number of tetrazole rings is 1. The van der Waals surface area contributed by atoms with Crippen LogP contribution >= 0.6 is 0 Å². The van der Waals surface area contributed by atoms with Gasteiger partial charge in [0.05, 0.1) is 13.7 Å². The Kier molecular flexibility index (Phi) is 6.96. The Bertz CT molecular complexity index is 1020. The second kappa shape index (κ2) is 10.2. The van der Waals surface area contributed by atoms with E-state index in [9.17, 15) is 4.79 Å². The zero-order valence-corrected chi connectivity index (χ0v) is 18.4. The third-order valence-electron chi connectivity index (χ3n) is 5.54. The van der Waals surface area contributed by atoms with Gasteiger partial charge in [-0.25, -0.2) is 4.68 Å². The maximum Gasteiger partial charge on any atom is 0.251 e. The highest BCUT2D eigenvalue weighted by molar-refractivity contribution is 5.94. The standard InChI is InChI=1S/C23H28N6O3/c1-3-20-15-28(14-19-12-21(31-2)8-9-22(19)32-20)11-10-24-23(30)18-6-4-17(5-7-18)13-29-16-25-26-27-29/h4-9,12,16,20H,3,10-11,13-15H2,1-2H3,(H,24,30)/t20-/m1/s1. The molecular weight excluding hydrogens is 408 g/mol. The van der Waals surface area contributed by atoms with E-state index in [1.807, 2.05) is 42.5 Å². The van der Waals surface area contributed by atoms with Gasteiger partial charge in [0.25, 0.3) is 5.91 Å². The van der Waals surface area contributed by atoms with Gasteiger partial charge in [-0.15, -0.1) is 5.10 Å². The third-order valence-corrected chi connectivity index (χ3v) is 5.54. The Morgan fingerprint density at radius 3 is 2.81 bits per heavy atom. The minimum absolute atomic E-state index is 0.0841. The first-order valence-corrected chi connectivity index (χ1v) is 10.8. The van der Waals surface area contributed by atoms with Crippen molar-refractivity contribution in [2.75, 3.05) is 26.7 Å². The number of ether oxygens (including phenoxy) is 2. The molecule has 0 bridgehead atoms. The van der Waals surface area contributed by atoms with Crippen LogP contribution in [0, 0.1) is 0 Å². The molecular formula is C23H28N6O3. The lowest BCUT2D eigenvalue weighted by molar-refractivity contribution is 0.0942. The molecule has 3 aromatic rings. The van der Waals surface area contributed by atoms with E-state index in [-0.39, 0.29) is 12.0 Å². The Morgan fingerprint density at radius 2 is 2.09 bits per heavy atom. The zero-order chi connectivity index (χ0) is 22.3. The van der Waals surface area contributed by atoms with E-state index in [0.717, 1.165) is 48.7 Å². The first kappa shape index (κ1) is 21.8. The van der Waals surface area contributed by atoms with Gasteiger partial charge in [-0.1, -0.05) is 19.1 Å². The molecule has 0 saturated heterocycles. The molecule has 1 aliphatic rings. The normalized spacial score (nSPS) is 16.0. The number of benzene rings is 2. The van der Waals surface area contributed by atoms with Gasteiger partial charge in [-0.3, -0.25) is 9.69 Å². The first-order valence-electron chi connectivity index (χ1n) is 10.8. The van der Waals surface area contributed by atoms with Crippen molar-refractivity contribution < 1.29 is 14.3 Å².